The molecule has 0 saturated carbocycles. The molecule has 10 heteroatoms. The first-order valence-electron chi connectivity index (χ1n) is 19.7. The lowest BCUT2D eigenvalue weighted by molar-refractivity contribution is -0.538. The molecule has 0 unspecified atom stereocenters. The minimum Gasteiger partial charge on any atom is -0.462 e. The second-order valence-electron chi connectivity index (χ2n) is 14.8. The minimum atomic E-state index is -0.373. The summed E-state index contributed by atoms with van der Waals surface area (Å²) in [5.41, 5.74) is 26.0. The number of esters is 2. The van der Waals surface area contributed by atoms with Crippen LogP contribution in [0.4, 0.5) is 28.4 Å². The quantitative estimate of drug-likeness (QED) is 0.0346. The van der Waals surface area contributed by atoms with Gasteiger partial charge in [-0.2, -0.15) is 0 Å². The van der Waals surface area contributed by atoms with Crippen LogP contribution < -0.4 is 21.4 Å². The van der Waals surface area contributed by atoms with Crippen LogP contribution in [0.3, 0.4) is 0 Å². The minimum absolute atomic E-state index is 0.293. The van der Waals surface area contributed by atoms with Crippen molar-refractivity contribution in [3.8, 4) is 5.69 Å². The number of carbonyl (C=O) groups is 2. The molecule has 0 fully saturated rings. The third-order valence-electron chi connectivity index (χ3n) is 10.4. The molecule has 58 heavy (non-hydrogen) atoms. The Labute approximate surface area is 338 Å². The highest BCUT2D eigenvalue weighted by Crippen LogP contribution is 2.34. The highest BCUT2D eigenvalue weighted by atomic mass is 16.5. The van der Waals surface area contributed by atoms with Gasteiger partial charge < -0.3 is 26.3 Å². The van der Waals surface area contributed by atoms with Gasteiger partial charge >= 0.3 is 11.9 Å². The maximum Gasteiger partial charge on any atom is 0.338 e. The summed E-state index contributed by atoms with van der Waals surface area (Å²) in [6.07, 6.45) is 7.40. The van der Waals surface area contributed by atoms with Gasteiger partial charge in [0.1, 0.15) is 11.0 Å². The highest BCUT2D eigenvalue weighted by molar-refractivity contribution is 6.06. The number of nitrogen functional groups attached to an aromatic ring is 2. The molecule has 1 heterocycles. The molecule has 0 aliphatic heterocycles. The van der Waals surface area contributed by atoms with E-state index in [0.29, 0.717) is 55.0 Å². The van der Waals surface area contributed by atoms with Gasteiger partial charge in [0.2, 0.25) is 16.7 Å². The Morgan fingerprint density at radius 2 is 1.33 bits per heavy atom. The van der Waals surface area contributed by atoms with Crippen LogP contribution in [0.1, 0.15) is 66.1 Å². The SMILES string of the molecule is CC1=CC(=Nc2cc(C)c(N)cc2Nc2ccccc2)CC=C1C(=O)OCCCCCCOC(=O)c1cc2c(cc1C)nc1cc(C)c(N)cc1[n+]2-c1ccccc1. The first-order chi connectivity index (χ1) is 28.0. The van der Waals surface area contributed by atoms with Crippen molar-refractivity contribution in [2.24, 2.45) is 4.99 Å². The van der Waals surface area contributed by atoms with Crippen LogP contribution in [0.2, 0.25) is 0 Å². The van der Waals surface area contributed by atoms with Crippen LogP contribution in [-0.2, 0) is 14.3 Å². The van der Waals surface area contributed by atoms with Gasteiger partial charge in [0, 0.05) is 53.5 Å². The van der Waals surface area contributed by atoms with Crippen molar-refractivity contribution in [3.05, 3.63) is 143 Å². The number of nitrogens with zero attached hydrogens (tertiary/aromatic N) is 3. The molecule has 1 aliphatic rings. The Hall–Kier alpha value is -6.81. The van der Waals surface area contributed by atoms with Crippen molar-refractivity contribution in [2.45, 2.75) is 59.8 Å². The molecule has 5 aromatic carbocycles. The van der Waals surface area contributed by atoms with Gasteiger partial charge in [-0.3, -0.25) is 4.99 Å². The third-order valence-corrected chi connectivity index (χ3v) is 10.4. The molecule has 0 atom stereocenters. The normalized spacial score (nSPS) is 13.3. The fourth-order valence-corrected chi connectivity index (χ4v) is 7.10. The number of carbonyl (C=O) groups excluding carboxylic acids is 2. The predicted molar refractivity (Wildman–Crippen MR) is 233 cm³/mol. The molecule has 294 valence electrons. The molecule has 0 spiro atoms. The fraction of sp³-hybridized carbons (Fsp3) is 0.229. The maximum absolute atomic E-state index is 13.4. The zero-order chi connectivity index (χ0) is 40.8. The molecule has 5 N–H and O–H groups in total. The van der Waals surface area contributed by atoms with Gasteiger partial charge in [0.15, 0.2) is 0 Å². The molecule has 6 aromatic rings. The van der Waals surface area contributed by atoms with E-state index in [2.05, 4.69) is 9.88 Å². The van der Waals surface area contributed by atoms with Crippen molar-refractivity contribution >= 4 is 68.2 Å². The number of allylic oxidation sites excluding steroid dienone is 2. The number of benzene rings is 5. The highest BCUT2D eigenvalue weighted by Gasteiger charge is 2.24. The fourth-order valence-electron chi connectivity index (χ4n) is 7.10. The average Bonchev–Trinajstić information content (AvgIpc) is 3.21. The van der Waals surface area contributed by atoms with Crippen molar-refractivity contribution in [1.29, 1.82) is 0 Å². The van der Waals surface area contributed by atoms with E-state index in [1.807, 2.05) is 137 Å². The molecule has 0 saturated heterocycles. The number of hydrogen-bond donors (Lipinski definition) is 3. The van der Waals surface area contributed by atoms with Gasteiger partial charge in [-0.05, 0) is 118 Å². The number of hydrogen-bond acceptors (Lipinski definition) is 9. The summed E-state index contributed by atoms with van der Waals surface area (Å²) in [7, 11) is 0. The summed E-state index contributed by atoms with van der Waals surface area (Å²) in [6.45, 7) is 8.34. The number of ether oxygens (including phenoxy) is 2. The number of aromatic nitrogens is 2. The Morgan fingerprint density at radius 1 is 0.724 bits per heavy atom. The third kappa shape index (κ3) is 8.92. The van der Waals surface area contributed by atoms with Gasteiger partial charge in [0.05, 0.1) is 35.7 Å². The maximum atomic E-state index is 13.4. The molecule has 0 radical (unpaired) electrons. The van der Waals surface area contributed by atoms with E-state index in [1.54, 1.807) is 0 Å². The van der Waals surface area contributed by atoms with Crippen molar-refractivity contribution in [3.63, 3.8) is 0 Å². The molecule has 7 rings (SSSR count). The average molecular weight is 774 g/mol. The zero-order valence-corrected chi connectivity index (χ0v) is 33.5. The summed E-state index contributed by atoms with van der Waals surface area (Å²) < 4.78 is 13.5. The number of fused-ring (bicyclic) bond motifs is 2. The van der Waals surface area contributed by atoms with Crippen molar-refractivity contribution in [1.82, 2.24) is 4.98 Å². The summed E-state index contributed by atoms with van der Waals surface area (Å²) in [5.74, 6) is -0.709. The van der Waals surface area contributed by atoms with Gasteiger partial charge in [-0.15, -0.1) is 4.57 Å². The van der Waals surface area contributed by atoms with E-state index in [1.165, 1.54) is 0 Å². The number of para-hydroxylation sites is 2. The summed E-state index contributed by atoms with van der Waals surface area (Å²) in [5, 5.41) is 3.42. The monoisotopic (exact) mass is 773 g/mol. The van der Waals surface area contributed by atoms with Crippen molar-refractivity contribution in [2.75, 3.05) is 30.0 Å². The number of unbranched alkanes of at least 4 members (excludes halogenated alkanes) is 3. The van der Waals surface area contributed by atoms with E-state index < -0.39 is 0 Å². The van der Waals surface area contributed by atoms with Crippen LogP contribution >= 0.6 is 0 Å². The molecule has 1 aromatic heterocycles. The lowest BCUT2D eigenvalue weighted by atomic mass is 9.98. The van der Waals surface area contributed by atoms with Gasteiger partial charge in [-0.25, -0.2) is 14.6 Å². The Morgan fingerprint density at radius 3 is 2.02 bits per heavy atom. The molecule has 0 amide bonds. The van der Waals surface area contributed by atoms with Crippen LogP contribution in [0.25, 0.3) is 27.8 Å². The Kier molecular flexibility index (Phi) is 11.9. The zero-order valence-electron chi connectivity index (χ0n) is 33.5. The summed E-state index contributed by atoms with van der Waals surface area (Å²) in [4.78, 5) is 36.2. The van der Waals surface area contributed by atoms with E-state index >= 15 is 0 Å². The second-order valence-corrected chi connectivity index (χ2v) is 14.8. The lowest BCUT2D eigenvalue weighted by Crippen LogP contribution is -2.33. The molecular formula is C48H49N6O4+. The number of aliphatic imine (C=N–C) groups is 1. The first kappa shape index (κ1) is 39.4. The Bertz CT molecular complexity index is 2620. The standard InChI is InChI=1S/C48H48N6O4/c1-30-23-35(52-41-25-32(3)39(49)28-42(41)51-34-15-9-7-10-16-34)19-20-37(30)47(55)57-21-13-5-6-14-22-58-48(56)38-27-45-43(24-31(38)2)53-44-26-33(4)40(50)29-46(44)54(45)36-17-11-8-12-18-36/h7-12,15-18,20,23-29,50-51H,5-6,13-14,19,21-22,49H2,1-4H3/p+1. The molecule has 10 nitrogen and oxygen atoms in total. The van der Waals surface area contributed by atoms with E-state index in [9.17, 15) is 9.59 Å². The smallest absolute Gasteiger partial charge is 0.338 e. The number of rotatable bonds is 13. The lowest BCUT2D eigenvalue weighted by Gasteiger charge is -2.16. The van der Waals surface area contributed by atoms with E-state index in [-0.39, 0.29) is 11.9 Å². The largest absolute Gasteiger partial charge is 0.462 e. The molecule has 0 bridgehead atoms. The second kappa shape index (κ2) is 17.5. The van der Waals surface area contributed by atoms with Crippen molar-refractivity contribution < 1.29 is 23.6 Å². The predicted octanol–water partition coefficient (Wildman–Crippen LogP) is 9.81. The van der Waals surface area contributed by atoms with E-state index in [4.69, 9.17) is 30.9 Å². The number of nitrogens with one attached hydrogen (secondary N) is 1. The molecular weight excluding hydrogens is 725 g/mol. The van der Waals surface area contributed by atoms with Crippen LogP contribution in [0, 0.1) is 20.8 Å². The van der Waals surface area contributed by atoms with Gasteiger partial charge in [0.25, 0.3) is 0 Å². The van der Waals surface area contributed by atoms with Crippen LogP contribution in [0.15, 0.2) is 125 Å². The topological polar surface area (TPSA) is 146 Å². The summed E-state index contributed by atoms with van der Waals surface area (Å²) >= 11 is 0. The summed E-state index contributed by atoms with van der Waals surface area (Å²) in [6, 6.07) is 31.5. The first-order valence-corrected chi connectivity index (χ1v) is 19.7. The number of nitrogens with two attached hydrogens (primary N) is 2. The van der Waals surface area contributed by atoms with Crippen LogP contribution in [-0.4, -0.2) is 35.8 Å². The van der Waals surface area contributed by atoms with Crippen LogP contribution in [0.5, 0.6) is 0 Å². The van der Waals surface area contributed by atoms with Gasteiger partial charge in [-0.1, -0.05) is 42.5 Å². The molecule has 1 aliphatic carbocycles. The number of anilines is 4. The Balaban J connectivity index is 0.897. The number of aryl methyl sites for hydroxylation is 3. The van der Waals surface area contributed by atoms with E-state index in [0.717, 1.165) is 85.6 Å².